The van der Waals surface area contributed by atoms with Gasteiger partial charge in [0, 0.05) is 34.3 Å². The average Bonchev–Trinajstić information content (AvgIpc) is 2.92. The number of amides is 1. The van der Waals surface area contributed by atoms with Gasteiger partial charge in [-0.05, 0) is 60.5 Å². The lowest BCUT2D eigenvalue weighted by Crippen LogP contribution is -2.38. The molecule has 3 aromatic carbocycles. The number of rotatable bonds is 10. The topological polar surface area (TPSA) is 155 Å². The van der Waals surface area contributed by atoms with E-state index in [0.717, 1.165) is 24.0 Å². The predicted molar refractivity (Wildman–Crippen MR) is 159 cm³/mol. The van der Waals surface area contributed by atoms with Gasteiger partial charge in [-0.15, -0.1) is 0 Å². The molecular formula is C30H26BClN2O8. The number of hydrogen-bond donors (Lipinski definition) is 4. The summed E-state index contributed by atoms with van der Waals surface area (Å²) in [6.45, 7) is 1.33. The van der Waals surface area contributed by atoms with Gasteiger partial charge in [-0.3, -0.25) is 19.0 Å². The summed E-state index contributed by atoms with van der Waals surface area (Å²) in [5, 5.41) is 32.3. The Morgan fingerprint density at radius 2 is 1.67 bits per heavy atom. The molecule has 1 aromatic heterocycles. The van der Waals surface area contributed by atoms with Gasteiger partial charge in [0.2, 0.25) is 13.8 Å². The van der Waals surface area contributed by atoms with Crippen LogP contribution in [-0.2, 0) is 11.2 Å². The fourth-order valence-corrected chi connectivity index (χ4v) is 4.57. The molecule has 4 rings (SSSR count). The molecule has 4 N–H and O–H groups in total. The van der Waals surface area contributed by atoms with Crippen LogP contribution in [0.4, 0.5) is 5.69 Å². The number of carboxylic acid groups (broad SMARTS) is 1. The van der Waals surface area contributed by atoms with Gasteiger partial charge in [0.25, 0.3) is 11.4 Å². The van der Waals surface area contributed by atoms with Crippen LogP contribution >= 0.6 is 11.6 Å². The predicted octanol–water partition coefficient (Wildman–Crippen LogP) is 3.10. The highest BCUT2D eigenvalue weighted by atomic mass is 35.5. The Labute approximate surface area is 246 Å². The number of Topliss-reactive ketones (excluding diaryl/α,β-unsaturated/α-hetero) is 1. The Balaban J connectivity index is 1.86. The van der Waals surface area contributed by atoms with Crippen LogP contribution in [-0.4, -0.2) is 51.3 Å². The van der Waals surface area contributed by atoms with Crippen molar-refractivity contribution in [2.75, 3.05) is 5.32 Å². The fraction of sp³-hybridized carbons (Fsp3) is 0.133. The van der Waals surface area contributed by atoms with Gasteiger partial charge >= 0.3 is 5.97 Å². The first-order chi connectivity index (χ1) is 19.8. The molecule has 0 saturated heterocycles. The fourth-order valence-electron chi connectivity index (χ4n) is 4.40. The summed E-state index contributed by atoms with van der Waals surface area (Å²) in [5.41, 5.74) is 0.892. The van der Waals surface area contributed by atoms with Gasteiger partial charge in [-0.1, -0.05) is 41.9 Å². The Morgan fingerprint density at radius 3 is 2.26 bits per heavy atom. The monoisotopic (exact) mass is 588 g/mol. The standard InChI is InChI=1S/C30H26BClN2O8/c1-17(35)22-12-9-20(32)14-23(22)24-15-27(36)34(16-26(24)42-30(31,40)41)25(13-18-5-3-2-4-6-18)28(37)33-21-10-7-19(8-11-21)29(38)39/h2-12,14-16,25,40-41H,13,31H2,1H3,(H,33,37)(H,38,39). The van der Waals surface area contributed by atoms with Crippen LogP contribution in [0.15, 0.2) is 89.9 Å². The van der Waals surface area contributed by atoms with Crippen molar-refractivity contribution < 1.29 is 34.4 Å². The lowest BCUT2D eigenvalue weighted by molar-refractivity contribution is -0.223. The van der Waals surface area contributed by atoms with Gasteiger partial charge in [-0.25, -0.2) is 4.79 Å². The minimum absolute atomic E-state index is 0.0319. The van der Waals surface area contributed by atoms with E-state index in [1.54, 1.807) is 30.3 Å². The van der Waals surface area contributed by atoms with Crippen molar-refractivity contribution >= 4 is 42.8 Å². The van der Waals surface area contributed by atoms with Crippen LogP contribution in [0.3, 0.4) is 0 Å². The summed E-state index contributed by atoms with van der Waals surface area (Å²) in [5.74, 6) is -4.95. The van der Waals surface area contributed by atoms with Gasteiger partial charge in [0.05, 0.1) is 11.8 Å². The SMILES string of the molecule is BC(O)(O)Oc1cn(C(Cc2ccccc2)C(=O)Nc2ccc(C(=O)O)cc2)c(=O)cc1-c1cc(Cl)ccc1C(C)=O. The van der Waals surface area contributed by atoms with E-state index in [1.165, 1.54) is 55.6 Å². The number of halogens is 1. The highest BCUT2D eigenvalue weighted by Crippen LogP contribution is 2.35. The highest BCUT2D eigenvalue weighted by Gasteiger charge is 2.27. The quantitative estimate of drug-likeness (QED) is 0.125. The third-order valence-corrected chi connectivity index (χ3v) is 6.54. The Bertz CT molecular complexity index is 1700. The first-order valence-corrected chi connectivity index (χ1v) is 13.1. The van der Waals surface area contributed by atoms with Crippen LogP contribution in [0.2, 0.25) is 5.02 Å². The first kappa shape index (κ1) is 30.3. The van der Waals surface area contributed by atoms with Crippen molar-refractivity contribution in [2.45, 2.75) is 25.3 Å². The molecule has 4 aromatic rings. The van der Waals surface area contributed by atoms with Crippen LogP contribution in [0.5, 0.6) is 5.75 Å². The number of pyridine rings is 1. The number of carboxylic acids is 1. The largest absolute Gasteiger partial charge is 0.478 e. The third-order valence-electron chi connectivity index (χ3n) is 6.31. The second kappa shape index (κ2) is 12.4. The molecule has 0 aliphatic carbocycles. The molecule has 1 amide bonds. The second-order valence-corrected chi connectivity index (χ2v) is 10.1. The van der Waals surface area contributed by atoms with Crippen molar-refractivity contribution in [1.82, 2.24) is 4.57 Å². The van der Waals surface area contributed by atoms with Crippen molar-refractivity contribution in [1.29, 1.82) is 0 Å². The highest BCUT2D eigenvalue weighted by molar-refractivity contribution is 6.31. The number of nitrogens with zero attached hydrogens (tertiary/aromatic N) is 1. The molecule has 0 aliphatic heterocycles. The number of nitrogens with one attached hydrogen (secondary N) is 1. The molecule has 1 atom stereocenters. The number of hydrogen-bond acceptors (Lipinski definition) is 7. The van der Waals surface area contributed by atoms with Crippen molar-refractivity contribution in [2.24, 2.45) is 0 Å². The molecule has 1 heterocycles. The van der Waals surface area contributed by atoms with E-state index in [2.05, 4.69) is 5.32 Å². The smallest absolute Gasteiger partial charge is 0.335 e. The summed E-state index contributed by atoms with van der Waals surface area (Å²) in [6.07, 6.45) is 1.23. The number of ether oxygens (including phenoxy) is 1. The summed E-state index contributed by atoms with van der Waals surface area (Å²) < 4.78 is 6.49. The van der Waals surface area contributed by atoms with Crippen LogP contribution in [0.1, 0.15) is 39.2 Å². The summed E-state index contributed by atoms with van der Waals surface area (Å²) in [4.78, 5) is 50.9. The Morgan fingerprint density at radius 1 is 1.00 bits per heavy atom. The zero-order valence-electron chi connectivity index (χ0n) is 22.6. The van der Waals surface area contributed by atoms with E-state index < -0.39 is 29.4 Å². The molecule has 0 bridgehead atoms. The van der Waals surface area contributed by atoms with E-state index in [9.17, 15) is 29.4 Å². The van der Waals surface area contributed by atoms with Crippen LogP contribution in [0, 0.1) is 0 Å². The summed E-state index contributed by atoms with van der Waals surface area (Å²) in [6, 6.07) is 18.8. The second-order valence-electron chi connectivity index (χ2n) is 9.66. The minimum atomic E-state index is -2.69. The van der Waals surface area contributed by atoms with E-state index >= 15 is 0 Å². The number of anilines is 1. The molecule has 0 fully saturated rings. The van der Waals surface area contributed by atoms with E-state index in [4.69, 9.17) is 21.4 Å². The molecule has 214 valence electrons. The van der Waals surface area contributed by atoms with Gasteiger partial charge in [0.1, 0.15) is 11.8 Å². The maximum atomic E-state index is 13.6. The number of carbonyl (C=O) groups excluding carboxylic acids is 2. The molecule has 1 unspecified atom stereocenters. The average molecular weight is 589 g/mol. The molecule has 0 aliphatic rings. The number of benzene rings is 3. The van der Waals surface area contributed by atoms with Gasteiger partial charge in [-0.2, -0.15) is 0 Å². The summed E-state index contributed by atoms with van der Waals surface area (Å²) >= 11 is 6.19. The molecule has 42 heavy (non-hydrogen) atoms. The molecule has 10 nitrogen and oxygen atoms in total. The molecule has 12 heteroatoms. The normalized spacial score (nSPS) is 11.9. The summed E-state index contributed by atoms with van der Waals surface area (Å²) in [7, 11) is 0.963. The van der Waals surface area contributed by atoms with Crippen molar-refractivity contribution in [3.63, 3.8) is 0 Å². The molecule has 0 radical (unpaired) electrons. The maximum Gasteiger partial charge on any atom is 0.335 e. The Kier molecular flexibility index (Phi) is 8.96. The van der Waals surface area contributed by atoms with Crippen LogP contribution in [0.25, 0.3) is 11.1 Å². The molecule has 0 spiro atoms. The number of ketones is 1. The van der Waals surface area contributed by atoms with E-state index in [0.29, 0.717) is 5.69 Å². The maximum absolute atomic E-state index is 13.6. The number of aliphatic hydroxyl groups is 2. The number of aromatic carboxylic acids is 1. The third kappa shape index (κ3) is 7.32. The first-order valence-electron chi connectivity index (χ1n) is 12.7. The van der Waals surface area contributed by atoms with Gasteiger partial charge < -0.3 is 25.4 Å². The lowest BCUT2D eigenvalue weighted by Gasteiger charge is -2.25. The zero-order valence-corrected chi connectivity index (χ0v) is 23.3. The van der Waals surface area contributed by atoms with Gasteiger partial charge in [0.15, 0.2) is 5.78 Å². The van der Waals surface area contributed by atoms with Crippen molar-refractivity contribution in [3.8, 4) is 16.9 Å². The van der Waals surface area contributed by atoms with E-state index in [1.807, 2.05) is 0 Å². The zero-order chi connectivity index (χ0) is 30.6. The molecular weight excluding hydrogens is 563 g/mol. The number of carbonyl (C=O) groups is 3. The van der Waals surface area contributed by atoms with E-state index in [-0.39, 0.29) is 45.2 Å². The molecule has 0 saturated carbocycles. The lowest BCUT2D eigenvalue weighted by atomic mass is 9.97. The minimum Gasteiger partial charge on any atom is -0.478 e. The number of aromatic nitrogens is 1. The van der Waals surface area contributed by atoms with Crippen molar-refractivity contribution in [3.05, 3.63) is 117 Å². The Hall–Kier alpha value is -4.71. The van der Waals surface area contributed by atoms with Crippen LogP contribution < -0.4 is 15.6 Å².